The average molecular weight is 455 g/mol. The number of hydrogen-bond acceptors (Lipinski definition) is 3. The highest BCUT2D eigenvalue weighted by Gasteiger charge is 2.36. The summed E-state index contributed by atoms with van der Waals surface area (Å²) in [5.41, 5.74) is 3.02. The number of carbonyl (C=O) groups excluding carboxylic acids is 1. The monoisotopic (exact) mass is 454 g/mol. The molecule has 0 N–H and O–H groups in total. The molecule has 5 heteroatoms. The smallest absolute Gasteiger partial charge is 0.225 e. The molecular weight excluding hydrogens is 415 g/mol. The molecule has 0 spiro atoms. The molecule has 1 fully saturated rings. The van der Waals surface area contributed by atoms with E-state index < -0.39 is 0 Å². The fourth-order valence-electron chi connectivity index (χ4n) is 4.93. The molecule has 1 heterocycles. The van der Waals surface area contributed by atoms with Gasteiger partial charge in [-0.2, -0.15) is 0 Å². The van der Waals surface area contributed by atoms with Crippen molar-refractivity contribution < 1.29 is 13.9 Å². The molecule has 2 atom stereocenters. The van der Waals surface area contributed by atoms with Crippen molar-refractivity contribution in [1.82, 2.24) is 9.80 Å². The van der Waals surface area contributed by atoms with Gasteiger partial charge in [0.2, 0.25) is 5.91 Å². The van der Waals surface area contributed by atoms with Gasteiger partial charge in [-0.3, -0.25) is 9.69 Å². The van der Waals surface area contributed by atoms with Gasteiger partial charge < -0.3 is 9.64 Å². The predicted octanol–water partition coefficient (Wildman–Crippen LogP) is 5.50. The summed E-state index contributed by atoms with van der Waals surface area (Å²) in [6.07, 6.45) is 0. The molecule has 2 aromatic rings. The second kappa shape index (κ2) is 11.1. The molecule has 33 heavy (non-hydrogen) atoms. The number of rotatable bonds is 9. The van der Waals surface area contributed by atoms with E-state index in [1.54, 1.807) is 13.2 Å². The van der Waals surface area contributed by atoms with Gasteiger partial charge in [0.05, 0.1) is 7.11 Å². The number of nitrogens with zero attached hydrogens (tertiary/aromatic N) is 2. The lowest BCUT2D eigenvalue weighted by Crippen LogP contribution is -2.41. The molecule has 1 aliphatic rings. The summed E-state index contributed by atoms with van der Waals surface area (Å²) in [5.74, 6) is 1.79. The van der Waals surface area contributed by atoms with Crippen molar-refractivity contribution in [2.24, 2.45) is 17.8 Å². The number of aryl methyl sites for hydroxylation is 1. The highest BCUT2D eigenvalue weighted by atomic mass is 19.1. The van der Waals surface area contributed by atoms with Crippen LogP contribution in [-0.2, 0) is 11.3 Å². The van der Waals surface area contributed by atoms with Crippen molar-refractivity contribution in [3.05, 3.63) is 65.0 Å². The van der Waals surface area contributed by atoms with E-state index in [0.29, 0.717) is 19.0 Å². The minimum Gasteiger partial charge on any atom is -0.497 e. The Kier molecular flexibility index (Phi) is 8.52. The van der Waals surface area contributed by atoms with E-state index in [2.05, 4.69) is 30.9 Å². The lowest BCUT2D eigenvalue weighted by molar-refractivity contribution is -0.135. The highest BCUT2D eigenvalue weighted by Crippen LogP contribution is 2.36. The Hall–Kier alpha value is -2.40. The molecule has 0 saturated carbocycles. The van der Waals surface area contributed by atoms with Gasteiger partial charge in [0, 0.05) is 50.1 Å². The molecule has 2 aromatic carbocycles. The van der Waals surface area contributed by atoms with Crippen LogP contribution in [0, 0.1) is 30.5 Å². The predicted molar refractivity (Wildman–Crippen MR) is 132 cm³/mol. The summed E-state index contributed by atoms with van der Waals surface area (Å²) in [4.78, 5) is 17.4. The van der Waals surface area contributed by atoms with Crippen LogP contribution in [0.15, 0.2) is 42.5 Å². The van der Waals surface area contributed by atoms with Gasteiger partial charge in [-0.05, 0) is 42.5 Å². The zero-order valence-corrected chi connectivity index (χ0v) is 21.0. The van der Waals surface area contributed by atoms with Crippen molar-refractivity contribution in [2.75, 3.05) is 33.3 Å². The Bertz CT molecular complexity index is 943. The molecule has 0 bridgehead atoms. The number of benzene rings is 2. The summed E-state index contributed by atoms with van der Waals surface area (Å²) in [7, 11) is 1.68. The fourth-order valence-corrected chi connectivity index (χ4v) is 4.93. The standard InChI is InChI=1S/C28H39FN2O2/c1-19(2)14-31(28(32)20(3)4)17-24-16-30(15-23-12-21(5)10-11-27(23)29)18-26(24)22-8-7-9-25(13-22)33-6/h7-13,19-20,24,26H,14-18H2,1-6H3/t24-,26-/m0/s1. The maximum absolute atomic E-state index is 14.5. The van der Waals surface area contributed by atoms with Crippen molar-refractivity contribution in [2.45, 2.75) is 47.1 Å². The summed E-state index contributed by atoms with van der Waals surface area (Å²) in [6.45, 7) is 13.9. The Morgan fingerprint density at radius 1 is 1.15 bits per heavy atom. The van der Waals surface area contributed by atoms with Gasteiger partial charge in [-0.25, -0.2) is 4.39 Å². The molecule has 180 valence electrons. The first-order valence-corrected chi connectivity index (χ1v) is 12.1. The van der Waals surface area contributed by atoms with Crippen LogP contribution in [-0.4, -0.2) is 49.0 Å². The van der Waals surface area contributed by atoms with Gasteiger partial charge in [-0.15, -0.1) is 0 Å². The number of ether oxygens (including phenoxy) is 1. The van der Waals surface area contributed by atoms with E-state index in [9.17, 15) is 9.18 Å². The molecule has 4 nitrogen and oxygen atoms in total. The zero-order valence-electron chi connectivity index (χ0n) is 21.0. The molecule has 0 unspecified atom stereocenters. The van der Waals surface area contributed by atoms with Crippen molar-refractivity contribution in [1.29, 1.82) is 0 Å². The Morgan fingerprint density at radius 3 is 2.58 bits per heavy atom. The third kappa shape index (κ3) is 6.57. The summed E-state index contributed by atoms with van der Waals surface area (Å²) in [6, 6.07) is 13.5. The van der Waals surface area contributed by atoms with E-state index >= 15 is 0 Å². The van der Waals surface area contributed by atoms with Gasteiger partial charge in [0.1, 0.15) is 11.6 Å². The first-order valence-electron chi connectivity index (χ1n) is 12.1. The molecule has 3 rings (SSSR count). The quantitative estimate of drug-likeness (QED) is 0.502. The van der Waals surface area contributed by atoms with Gasteiger partial charge in [0.15, 0.2) is 0 Å². The minimum atomic E-state index is -0.154. The average Bonchev–Trinajstić information content (AvgIpc) is 3.17. The molecule has 1 amide bonds. The van der Waals surface area contributed by atoms with Crippen LogP contribution < -0.4 is 4.74 Å². The number of carbonyl (C=O) groups is 1. The fraction of sp³-hybridized carbons (Fsp3) is 0.536. The van der Waals surface area contributed by atoms with Gasteiger partial charge >= 0.3 is 0 Å². The van der Waals surface area contributed by atoms with E-state index in [4.69, 9.17) is 4.74 Å². The van der Waals surface area contributed by atoms with Crippen LogP contribution in [0.2, 0.25) is 0 Å². The largest absolute Gasteiger partial charge is 0.497 e. The second-order valence-electron chi connectivity index (χ2n) is 10.2. The lowest BCUT2D eigenvalue weighted by Gasteiger charge is -2.31. The first-order chi connectivity index (χ1) is 15.7. The summed E-state index contributed by atoms with van der Waals surface area (Å²) in [5, 5.41) is 0. The van der Waals surface area contributed by atoms with Crippen molar-refractivity contribution in [3.63, 3.8) is 0 Å². The maximum Gasteiger partial charge on any atom is 0.225 e. The molecular formula is C28H39FN2O2. The van der Waals surface area contributed by atoms with E-state index in [1.165, 1.54) is 5.56 Å². The van der Waals surface area contributed by atoms with Crippen molar-refractivity contribution in [3.8, 4) is 5.75 Å². The third-order valence-corrected chi connectivity index (χ3v) is 6.48. The maximum atomic E-state index is 14.5. The zero-order chi connectivity index (χ0) is 24.1. The van der Waals surface area contributed by atoms with Crippen LogP contribution in [0.4, 0.5) is 4.39 Å². The molecule has 0 radical (unpaired) electrons. The minimum absolute atomic E-state index is 0.0297. The molecule has 0 aromatic heterocycles. The van der Waals surface area contributed by atoms with E-state index in [-0.39, 0.29) is 29.5 Å². The molecule has 1 aliphatic heterocycles. The Morgan fingerprint density at radius 2 is 1.91 bits per heavy atom. The SMILES string of the molecule is COc1cccc([C@@H]2CN(Cc3cc(C)ccc3F)C[C@H]2CN(CC(C)C)C(=O)C(C)C)c1. The van der Waals surface area contributed by atoms with Gasteiger partial charge in [0.25, 0.3) is 0 Å². The van der Waals surface area contributed by atoms with Crippen LogP contribution >= 0.6 is 0 Å². The van der Waals surface area contributed by atoms with E-state index in [0.717, 1.165) is 36.5 Å². The topological polar surface area (TPSA) is 32.8 Å². The van der Waals surface area contributed by atoms with Crippen molar-refractivity contribution >= 4 is 5.91 Å². The molecule has 0 aliphatic carbocycles. The summed E-state index contributed by atoms with van der Waals surface area (Å²) < 4.78 is 20.0. The van der Waals surface area contributed by atoms with Crippen LogP contribution in [0.5, 0.6) is 5.75 Å². The Balaban J connectivity index is 1.87. The number of amides is 1. The Labute approximate surface area is 198 Å². The lowest BCUT2D eigenvalue weighted by atomic mass is 9.88. The number of methoxy groups -OCH3 is 1. The van der Waals surface area contributed by atoms with Gasteiger partial charge in [-0.1, -0.05) is 57.5 Å². The second-order valence-corrected chi connectivity index (χ2v) is 10.2. The number of hydrogen-bond donors (Lipinski definition) is 0. The normalized spacial score (nSPS) is 18.8. The van der Waals surface area contributed by atoms with Crippen LogP contribution in [0.25, 0.3) is 0 Å². The number of halogens is 1. The first kappa shape index (κ1) is 25.2. The number of likely N-dealkylation sites (tertiary alicyclic amines) is 1. The molecule has 1 saturated heterocycles. The third-order valence-electron chi connectivity index (χ3n) is 6.48. The van der Waals surface area contributed by atoms with E-state index in [1.807, 2.05) is 49.9 Å². The van der Waals surface area contributed by atoms with Crippen LogP contribution in [0.3, 0.4) is 0 Å². The summed E-state index contributed by atoms with van der Waals surface area (Å²) >= 11 is 0. The van der Waals surface area contributed by atoms with Crippen LogP contribution in [0.1, 0.15) is 50.3 Å². The highest BCUT2D eigenvalue weighted by molar-refractivity contribution is 5.78.